The molecule has 1 fully saturated rings. The molecule has 35 heavy (non-hydrogen) atoms. The molecule has 0 atom stereocenters. The summed E-state index contributed by atoms with van der Waals surface area (Å²) in [6.07, 6.45) is 2.68. The van der Waals surface area contributed by atoms with Crippen LogP contribution in [0.1, 0.15) is 34.0 Å². The Kier molecular flexibility index (Phi) is 11.5. The van der Waals surface area contributed by atoms with Gasteiger partial charge in [0.15, 0.2) is 0 Å². The molecule has 0 aliphatic carbocycles. The van der Waals surface area contributed by atoms with Gasteiger partial charge in [0.1, 0.15) is 0 Å². The topological polar surface area (TPSA) is 83.5 Å². The van der Waals surface area contributed by atoms with Crippen molar-refractivity contribution in [3.63, 3.8) is 0 Å². The van der Waals surface area contributed by atoms with Crippen LogP contribution in [0, 0.1) is 0 Å². The maximum atomic E-state index is 12.7. The van der Waals surface area contributed by atoms with Crippen molar-refractivity contribution < 1.29 is 19.1 Å². The van der Waals surface area contributed by atoms with Gasteiger partial charge in [0, 0.05) is 24.3 Å². The summed E-state index contributed by atoms with van der Waals surface area (Å²) in [5.41, 5.74) is 4.64. The number of hydrazone groups is 1. The SMILES string of the molecule is CCOC(=O)CN1CCc2ccc(NC(=O)c3ccc(/C=N/N4CCOCC4)cc3)cc2C1.Cl.Cl. The summed E-state index contributed by atoms with van der Waals surface area (Å²) in [4.78, 5) is 26.6. The van der Waals surface area contributed by atoms with Crippen molar-refractivity contribution in [2.75, 3.05) is 51.3 Å². The quantitative estimate of drug-likeness (QED) is 0.443. The Hall–Kier alpha value is -2.65. The van der Waals surface area contributed by atoms with Crippen molar-refractivity contribution in [2.45, 2.75) is 19.9 Å². The highest BCUT2D eigenvalue weighted by Crippen LogP contribution is 2.23. The number of anilines is 1. The molecule has 2 aromatic rings. The van der Waals surface area contributed by atoms with E-state index in [9.17, 15) is 9.59 Å². The summed E-state index contributed by atoms with van der Waals surface area (Å²) in [6, 6.07) is 13.4. The van der Waals surface area contributed by atoms with Crippen LogP contribution in [0.2, 0.25) is 0 Å². The van der Waals surface area contributed by atoms with Crippen LogP contribution in [0.5, 0.6) is 0 Å². The van der Waals surface area contributed by atoms with Crippen molar-refractivity contribution in [1.82, 2.24) is 9.91 Å². The van der Waals surface area contributed by atoms with Crippen LogP contribution in [0.15, 0.2) is 47.6 Å². The Bertz CT molecular complexity index is 1010. The number of rotatable bonds is 7. The van der Waals surface area contributed by atoms with E-state index >= 15 is 0 Å². The first-order valence-electron chi connectivity index (χ1n) is 11.4. The lowest BCUT2D eigenvalue weighted by molar-refractivity contribution is -0.144. The second-order valence-corrected chi connectivity index (χ2v) is 8.14. The average molecular weight is 523 g/mol. The fourth-order valence-electron chi connectivity index (χ4n) is 3.96. The molecular weight excluding hydrogens is 491 g/mol. The molecule has 1 amide bonds. The summed E-state index contributed by atoms with van der Waals surface area (Å²) >= 11 is 0. The summed E-state index contributed by atoms with van der Waals surface area (Å²) in [5.74, 6) is -0.366. The van der Waals surface area contributed by atoms with Gasteiger partial charge in [0.2, 0.25) is 0 Å². The number of nitrogens with one attached hydrogen (secondary N) is 1. The molecule has 190 valence electrons. The number of halogens is 2. The lowest BCUT2D eigenvalue weighted by Gasteiger charge is -2.28. The molecule has 8 nitrogen and oxygen atoms in total. The highest BCUT2D eigenvalue weighted by molar-refractivity contribution is 6.04. The van der Waals surface area contributed by atoms with E-state index in [4.69, 9.17) is 9.47 Å². The zero-order valence-electron chi connectivity index (χ0n) is 19.8. The van der Waals surface area contributed by atoms with Crippen molar-refractivity contribution >= 4 is 48.6 Å². The number of fused-ring (bicyclic) bond motifs is 1. The first kappa shape index (κ1) is 28.6. The lowest BCUT2D eigenvalue weighted by atomic mass is 9.99. The largest absolute Gasteiger partial charge is 0.465 e. The van der Waals surface area contributed by atoms with Gasteiger partial charge in [-0.3, -0.25) is 19.5 Å². The second kappa shape index (κ2) is 14.0. The number of nitrogens with zero attached hydrogens (tertiary/aromatic N) is 3. The third-order valence-electron chi connectivity index (χ3n) is 5.74. The van der Waals surface area contributed by atoms with Gasteiger partial charge in [-0.05, 0) is 54.3 Å². The van der Waals surface area contributed by atoms with E-state index in [0.717, 1.165) is 42.9 Å². The van der Waals surface area contributed by atoms with E-state index < -0.39 is 0 Å². The molecule has 4 rings (SSSR count). The average Bonchev–Trinajstić information content (AvgIpc) is 2.83. The van der Waals surface area contributed by atoms with Gasteiger partial charge in [-0.1, -0.05) is 18.2 Å². The molecule has 0 radical (unpaired) electrons. The first-order valence-corrected chi connectivity index (χ1v) is 11.4. The Morgan fingerprint density at radius 3 is 2.51 bits per heavy atom. The number of hydrogen-bond acceptors (Lipinski definition) is 7. The number of carbonyl (C=O) groups is 2. The molecule has 2 aliphatic heterocycles. The number of benzene rings is 2. The Morgan fingerprint density at radius 1 is 1.06 bits per heavy atom. The van der Waals surface area contributed by atoms with Crippen LogP contribution >= 0.6 is 24.8 Å². The first-order chi connectivity index (χ1) is 16.1. The minimum atomic E-state index is -0.205. The van der Waals surface area contributed by atoms with Gasteiger partial charge in [0.05, 0.1) is 45.7 Å². The van der Waals surface area contributed by atoms with E-state index in [1.54, 1.807) is 18.3 Å². The number of morpholine rings is 1. The van der Waals surface area contributed by atoms with Crippen molar-refractivity contribution in [2.24, 2.45) is 5.10 Å². The predicted molar refractivity (Wildman–Crippen MR) is 141 cm³/mol. The standard InChI is InChI=1S/C25H30N4O4.2ClH/c1-2-33-24(30)18-28-10-9-20-7-8-23(15-22(20)17-28)27-25(31)21-5-3-19(4-6-21)16-26-29-11-13-32-14-12-29;;/h3-8,15-16H,2,9-14,17-18H2,1H3,(H,27,31);2*1H/b26-16+;;. The zero-order valence-corrected chi connectivity index (χ0v) is 21.4. The fourth-order valence-corrected chi connectivity index (χ4v) is 3.96. The van der Waals surface area contributed by atoms with E-state index in [-0.39, 0.29) is 43.2 Å². The van der Waals surface area contributed by atoms with Crippen LogP contribution in [-0.4, -0.2) is 74.0 Å². The molecule has 0 aromatic heterocycles. The van der Waals surface area contributed by atoms with Gasteiger partial charge in [-0.15, -0.1) is 24.8 Å². The van der Waals surface area contributed by atoms with Crippen LogP contribution in [0.4, 0.5) is 5.69 Å². The summed E-state index contributed by atoms with van der Waals surface area (Å²) in [5, 5.41) is 9.43. The zero-order chi connectivity index (χ0) is 23.0. The molecule has 0 unspecified atom stereocenters. The third-order valence-corrected chi connectivity index (χ3v) is 5.74. The number of ether oxygens (including phenoxy) is 2. The number of hydrogen-bond donors (Lipinski definition) is 1. The molecule has 1 saturated heterocycles. The normalized spacial score (nSPS) is 15.5. The molecule has 1 N–H and O–H groups in total. The predicted octanol–water partition coefficient (Wildman–Crippen LogP) is 3.37. The maximum Gasteiger partial charge on any atom is 0.320 e. The van der Waals surface area contributed by atoms with E-state index in [1.165, 1.54) is 5.56 Å². The minimum Gasteiger partial charge on any atom is -0.465 e. The van der Waals surface area contributed by atoms with Gasteiger partial charge < -0.3 is 14.8 Å². The summed E-state index contributed by atoms with van der Waals surface area (Å²) in [6.45, 7) is 6.94. The Morgan fingerprint density at radius 2 is 1.80 bits per heavy atom. The van der Waals surface area contributed by atoms with Crippen LogP contribution in [0.25, 0.3) is 0 Å². The Labute approximate surface area is 218 Å². The Balaban J connectivity index is 0.00000216. The van der Waals surface area contributed by atoms with Crippen molar-refractivity contribution in [3.8, 4) is 0 Å². The molecule has 0 bridgehead atoms. The second-order valence-electron chi connectivity index (χ2n) is 8.14. The lowest BCUT2D eigenvalue weighted by Crippen LogP contribution is -2.35. The number of amides is 1. The van der Waals surface area contributed by atoms with Gasteiger partial charge in [-0.25, -0.2) is 0 Å². The molecule has 2 heterocycles. The van der Waals surface area contributed by atoms with Crippen molar-refractivity contribution in [3.05, 3.63) is 64.7 Å². The number of carbonyl (C=O) groups excluding carboxylic acids is 2. The van der Waals surface area contributed by atoms with Gasteiger partial charge >= 0.3 is 5.97 Å². The molecule has 2 aromatic carbocycles. The molecule has 0 saturated carbocycles. The molecule has 10 heteroatoms. The minimum absolute atomic E-state index is 0. The third kappa shape index (κ3) is 8.21. The van der Waals surface area contributed by atoms with Crippen molar-refractivity contribution in [1.29, 1.82) is 0 Å². The highest BCUT2D eigenvalue weighted by Gasteiger charge is 2.19. The van der Waals surface area contributed by atoms with Crippen LogP contribution < -0.4 is 5.32 Å². The van der Waals surface area contributed by atoms with Gasteiger partial charge in [-0.2, -0.15) is 5.10 Å². The number of esters is 1. The van der Waals surface area contributed by atoms with Crippen LogP contribution in [0.3, 0.4) is 0 Å². The molecular formula is C25H32Cl2N4O4. The molecule has 2 aliphatic rings. The monoisotopic (exact) mass is 522 g/mol. The highest BCUT2D eigenvalue weighted by atomic mass is 35.5. The van der Waals surface area contributed by atoms with Crippen LogP contribution in [-0.2, 0) is 27.2 Å². The van der Waals surface area contributed by atoms with Gasteiger partial charge in [0.25, 0.3) is 5.91 Å². The maximum absolute atomic E-state index is 12.7. The summed E-state index contributed by atoms with van der Waals surface area (Å²) < 4.78 is 10.4. The van der Waals surface area contributed by atoms with E-state index in [2.05, 4.69) is 21.4 Å². The van der Waals surface area contributed by atoms with E-state index in [0.29, 0.717) is 31.9 Å². The summed E-state index contributed by atoms with van der Waals surface area (Å²) in [7, 11) is 0. The smallest absolute Gasteiger partial charge is 0.320 e. The van der Waals surface area contributed by atoms with E-state index in [1.807, 2.05) is 36.2 Å². The fraction of sp³-hybridized carbons (Fsp3) is 0.400. The molecule has 0 spiro atoms.